The van der Waals surface area contributed by atoms with Crippen LogP contribution in [0.3, 0.4) is 0 Å². The maximum atomic E-state index is 11.5. The maximum absolute atomic E-state index is 11.5. The molecule has 0 aromatic carbocycles. The minimum atomic E-state index is -0.499. The summed E-state index contributed by atoms with van der Waals surface area (Å²) in [6, 6.07) is 0. The first-order valence-electron chi connectivity index (χ1n) is 8.33. The molecule has 0 rings (SSSR count). The van der Waals surface area contributed by atoms with Crippen LogP contribution >= 0.6 is 12.6 Å². The van der Waals surface area contributed by atoms with Gasteiger partial charge in [-0.25, -0.2) is 0 Å². The fourth-order valence-electron chi connectivity index (χ4n) is 2.13. The highest BCUT2D eigenvalue weighted by atomic mass is 32.1. The van der Waals surface area contributed by atoms with Crippen LogP contribution in [0.2, 0.25) is 0 Å². The van der Waals surface area contributed by atoms with E-state index in [0.717, 1.165) is 26.1 Å². The van der Waals surface area contributed by atoms with E-state index in [1.165, 1.54) is 0 Å². The zero-order valence-corrected chi connectivity index (χ0v) is 15.8. The third-order valence-corrected chi connectivity index (χ3v) is 4.30. The lowest BCUT2D eigenvalue weighted by Gasteiger charge is -2.32. The Hall–Kier alpha value is -0.260. The molecule has 0 N–H and O–H groups in total. The highest BCUT2D eigenvalue weighted by Crippen LogP contribution is 2.27. The summed E-state index contributed by atoms with van der Waals surface area (Å²) in [5.41, 5.74) is -0.413. The van der Waals surface area contributed by atoms with E-state index in [1.54, 1.807) is 0 Å². The van der Waals surface area contributed by atoms with Crippen LogP contribution in [0.1, 0.15) is 60.3 Å². The Morgan fingerprint density at radius 1 is 1.05 bits per heavy atom. The second-order valence-electron chi connectivity index (χ2n) is 6.35. The number of rotatable bonds is 13. The molecule has 5 heteroatoms. The van der Waals surface area contributed by atoms with Gasteiger partial charge < -0.3 is 14.2 Å². The van der Waals surface area contributed by atoms with Crippen molar-refractivity contribution in [2.75, 3.05) is 32.2 Å². The summed E-state index contributed by atoms with van der Waals surface area (Å²) in [5, 5.41) is 0. The molecular weight excluding hydrogens is 300 g/mol. The number of carbonyl (C=O) groups excluding carboxylic acids is 1. The lowest BCUT2D eigenvalue weighted by Crippen LogP contribution is -2.33. The minimum Gasteiger partial charge on any atom is -0.460 e. The molecule has 22 heavy (non-hydrogen) atoms. The Morgan fingerprint density at radius 3 is 2.14 bits per heavy atom. The minimum absolute atomic E-state index is 0.0862. The molecule has 0 aliphatic rings. The van der Waals surface area contributed by atoms with Gasteiger partial charge in [-0.05, 0) is 33.6 Å². The Morgan fingerprint density at radius 2 is 1.64 bits per heavy atom. The van der Waals surface area contributed by atoms with Crippen molar-refractivity contribution in [3.05, 3.63) is 0 Å². The molecule has 0 spiro atoms. The number of esters is 1. The summed E-state index contributed by atoms with van der Waals surface area (Å²) in [6.45, 7) is 12.9. The average molecular weight is 335 g/mol. The average Bonchev–Trinajstić information content (AvgIpc) is 2.47. The Bertz CT molecular complexity index is 301. The molecule has 4 nitrogen and oxygen atoms in total. The smallest absolute Gasteiger partial charge is 0.307 e. The van der Waals surface area contributed by atoms with Gasteiger partial charge in [-0.1, -0.05) is 13.8 Å². The van der Waals surface area contributed by atoms with Crippen LogP contribution in [0.4, 0.5) is 0 Å². The predicted molar refractivity (Wildman–Crippen MR) is 93.6 cm³/mol. The molecule has 0 atom stereocenters. The molecule has 0 amide bonds. The lowest BCUT2D eigenvalue weighted by molar-refractivity contribution is -0.157. The summed E-state index contributed by atoms with van der Waals surface area (Å²) in [4.78, 5) is 11.5. The van der Waals surface area contributed by atoms with Gasteiger partial charge in [-0.2, -0.15) is 12.6 Å². The van der Waals surface area contributed by atoms with Crippen LogP contribution in [0.25, 0.3) is 0 Å². The molecule has 0 aromatic rings. The number of hydrogen-bond acceptors (Lipinski definition) is 5. The van der Waals surface area contributed by atoms with E-state index in [4.69, 9.17) is 14.2 Å². The summed E-state index contributed by atoms with van der Waals surface area (Å²) >= 11 is 4.04. The fraction of sp³-hybridized carbons (Fsp3) is 0.941. The van der Waals surface area contributed by atoms with E-state index in [0.29, 0.717) is 31.8 Å². The zero-order valence-electron chi connectivity index (χ0n) is 14.9. The lowest BCUT2D eigenvalue weighted by atomic mass is 9.84. The van der Waals surface area contributed by atoms with Crippen molar-refractivity contribution in [3.63, 3.8) is 0 Å². The molecule has 0 unspecified atom stereocenters. The molecule has 0 saturated carbocycles. The fourth-order valence-corrected chi connectivity index (χ4v) is 2.31. The predicted octanol–water partition coefficient (Wildman–Crippen LogP) is 3.88. The first-order chi connectivity index (χ1) is 10.3. The van der Waals surface area contributed by atoms with Gasteiger partial charge in [0.1, 0.15) is 5.60 Å². The Balaban J connectivity index is 4.18. The molecule has 0 fully saturated rings. The maximum Gasteiger partial charge on any atom is 0.307 e. The van der Waals surface area contributed by atoms with E-state index in [-0.39, 0.29) is 11.4 Å². The molecule has 132 valence electrons. The van der Waals surface area contributed by atoms with Gasteiger partial charge in [0.05, 0.1) is 26.2 Å². The summed E-state index contributed by atoms with van der Waals surface area (Å²) in [7, 11) is 0. The zero-order chi connectivity index (χ0) is 17.1. The van der Waals surface area contributed by atoms with E-state index in [2.05, 4.69) is 26.5 Å². The van der Waals surface area contributed by atoms with Gasteiger partial charge >= 0.3 is 5.97 Å². The van der Waals surface area contributed by atoms with Crippen LogP contribution in [0.15, 0.2) is 0 Å². The summed E-state index contributed by atoms with van der Waals surface area (Å²) < 4.78 is 16.9. The van der Waals surface area contributed by atoms with Gasteiger partial charge in [0.25, 0.3) is 0 Å². The number of carbonyl (C=O) groups is 1. The van der Waals surface area contributed by atoms with Crippen molar-refractivity contribution in [2.45, 2.75) is 65.9 Å². The van der Waals surface area contributed by atoms with E-state index >= 15 is 0 Å². The van der Waals surface area contributed by atoms with Gasteiger partial charge in [-0.3, -0.25) is 4.79 Å². The first-order valence-corrected chi connectivity index (χ1v) is 8.96. The van der Waals surface area contributed by atoms with E-state index in [9.17, 15) is 4.79 Å². The Kier molecular flexibility index (Phi) is 11.2. The van der Waals surface area contributed by atoms with Crippen LogP contribution in [-0.4, -0.2) is 43.8 Å². The van der Waals surface area contributed by atoms with Gasteiger partial charge in [0.15, 0.2) is 0 Å². The van der Waals surface area contributed by atoms with Crippen LogP contribution in [0, 0.1) is 5.41 Å². The number of ether oxygens (including phenoxy) is 3. The van der Waals surface area contributed by atoms with Crippen LogP contribution in [0.5, 0.6) is 0 Å². The molecule has 0 saturated heterocycles. The second kappa shape index (κ2) is 11.3. The highest BCUT2D eigenvalue weighted by Gasteiger charge is 2.28. The third kappa shape index (κ3) is 9.01. The van der Waals surface area contributed by atoms with Crippen molar-refractivity contribution in [1.82, 2.24) is 0 Å². The number of thiol groups is 1. The molecule has 0 aliphatic heterocycles. The van der Waals surface area contributed by atoms with Crippen molar-refractivity contribution >= 4 is 18.6 Å². The normalized spacial score (nSPS) is 12.5. The molecular formula is C17H34O4S. The molecule has 0 aliphatic carbocycles. The molecule has 0 aromatic heterocycles. The van der Waals surface area contributed by atoms with Crippen molar-refractivity contribution in [1.29, 1.82) is 0 Å². The number of hydrogen-bond donors (Lipinski definition) is 1. The standard InChI is InChI=1S/C17H34O4S/c1-6-17(7-2,13-19-8-3)14-20-11-10-16(4,5)21-15(18)9-12-22/h22H,6-14H2,1-5H3. The van der Waals surface area contributed by atoms with Gasteiger partial charge in [0.2, 0.25) is 0 Å². The highest BCUT2D eigenvalue weighted by molar-refractivity contribution is 7.80. The molecule has 0 bridgehead atoms. The SMILES string of the molecule is CCOCC(CC)(CC)COCCC(C)(C)OC(=O)CCS. The van der Waals surface area contributed by atoms with Gasteiger partial charge in [-0.15, -0.1) is 0 Å². The van der Waals surface area contributed by atoms with Gasteiger partial charge in [0, 0.05) is 24.2 Å². The van der Waals surface area contributed by atoms with Crippen molar-refractivity contribution in [2.24, 2.45) is 5.41 Å². The van der Waals surface area contributed by atoms with E-state index in [1.807, 2.05) is 20.8 Å². The van der Waals surface area contributed by atoms with Crippen LogP contribution in [-0.2, 0) is 19.0 Å². The van der Waals surface area contributed by atoms with Crippen molar-refractivity contribution in [3.8, 4) is 0 Å². The second-order valence-corrected chi connectivity index (χ2v) is 6.80. The Labute approximate surface area is 141 Å². The van der Waals surface area contributed by atoms with Crippen LogP contribution < -0.4 is 0 Å². The monoisotopic (exact) mass is 334 g/mol. The third-order valence-electron chi connectivity index (χ3n) is 4.08. The molecule has 0 heterocycles. The quantitative estimate of drug-likeness (QED) is 0.315. The van der Waals surface area contributed by atoms with E-state index < -0.39 is 5.60 Å². The molecule has 0 radical (unpaired) electrons. The largest absolute Gasteiger partial charge is 0.460 e. The first kappa shape index (κ1) is 21.7. The summed E-state index contributed by atoms with van der Waals surface area (Å²) in [6.07, 6.45) is 3.09. The topological polar surface area (TPSA) is 44.8 Å². The summed E-state index contributed by atoms with van der Waals surface area (Å²) in [5.74, 6) is 0.311. The van der Waals surface area contributed by atoms with Crippen molar-refractivity contribution < 1.29 is 19.0 Å².